The second-order valence-electron chi connectivity index (χ2n) is 9.02. The Morgan fingerprint density at radius 3 is 1.64 bits per heavy atom. The number of ether oxygens (including phenoxy) is 1. The van der Waals surface area contributed by atoms with Gasteiger partial charge in [-0.1, -0.05) is 6.92 Å². The number of methoxy groups -OCH3 is 1. The van der Waals surface area contributed by atoms with E-state index in [0.29, 0.717) is 6.42 Å². The lowest BCUT2D eigenvalue weighted by atomic mass is 9.88. The number of carbonyl (C=O) groups is 2. The number of anilines is 1. The molecule has 1 atom stereocenters. The third kappa shape index (κ3) is 4.94. The molecule has 4 nitrogen and oxygen atoms in total. The van der Waals surface area contributed by atoms with Crippen LogP contribution in [-0.2, 0) is 22.4 Å². The number of hydrogen-bond donors (Lipinski definition) is 1. The highest BCUT2D eigenvalue weighted by Gasteiger charge is 2.95. The Kier molecular flexibility index (Phi) is 8.97. The van der Waals surface area contributed by atoms with E-state index in [4.69, 9.17) is 0 Å². The summed E-state index contributed by atoms with van der Waals surface area (Å²) in [5, 5.41) is -7.09. The van der Waals surface area contributed by atoms with Crippen molar-refractivity contribution in [2.24, 2.45) is 5.92 Å². The maximum absolute atomic E-state index is 14.4. The fourth-order valence-electron chi connectivity index (χ4n) is 3.64. The van der Waals surface area contributed by atoms with Crippen LogP contribution in [0.3, 0.4) is 0 Å². The number of nitrogens with one attached hydrogen (secondary N) is 1. The third-order valence-corrected chi connectivity index (χ3v) is 7.54. The van der Waals surface area contributed by atoms with Crippen molar-refractivity contribution < 1.29 is 84.6 Å². The number of hydrogen-bond acceptors (Lipinski definition) is 4. The van der Waals surface area contributed by atoms with Crippen LogP contribution in [0.5, 0.6) is 0 Å². The van der Waals surface area contributed by atoms with E-state index in [1.54, 1.807) is 6.92 Å². The van der Waals surface area contributed by atoms with Gasteiger partial charge in [-0.15, -0.1) is 11.3 Å². The highest BCUT2D eigenvalue weighted by atomic mass is 35.5. The molecule has 242 valence electrons. The maximum atomic E-state index is 14.4. The summed E-state index contributed by atoms with van der Waals surface area (Å²) in [5.41, 5.74) is -0.713. The molecule has 1 N–H and O–H groups in total. The lowest BCUT2D eigenvalue weighted by Crippen LogP contribution is -2.75. The van der Waals surface area contributed by atoms with E-state index in [2.05, 4.69) is 16.3 Å². The molecule has 1 amide bonds. The number of alkyl halides is 17. The summed E-state index contributed by atoms with van der Waals surface area (Å²) in [5.74, 6) is -62.7. The zero-order valence-corrected chi connectivity index (χ0v) is 21.8. The molecule has 1 aromatic heterocycles. The largest absolute Gasteiger partial charge is 0.465 e. The van der Waals surface area contributed by atoms with Gasteiger partial charge in [-0.3, -0.25) is 4.79 Å². The fourth-order valence-corrected chi connectivity index (χ4v) is 5.16. The van der Waals surface area contributed by atoms with Crippen molar-refractivity contribution >= 4 is 39.8 Å². The van der Waals surface area contributed by atoms with Crippen LogP contribution in [0.4, 0.5) is 75.2 Å². The SMILES string of the molecule is COC(=O)c1c(NC(=O)C(F)(F)C(F)(F)C(F)(F)C(F)(F)C(F)(F)C(F)(F)C(F)(F)C(F)(F)Cl)sc2c1CCC(C)C2. The van der Waals surface area contributed by atoms with Gasteiger partial charge in [0.1, 0.15) is 5.00 Å². The van der Waals surface area contributed by atoms with Gasteiger partial charge >= 0.3 is 58.7 Å². The Bertz CT molecular complexity index is 1230. The van der Waals surface area contributed by atoms with Crippen molar-refractivity contribution in [2.75, 3.05) is 12.4 Å². The number of fused-ring (bicyclic) bond motifs is 1. The Balaban J connectivity index is 2.59. The minimum atomic E-state index is -8.70. The molecule has 0 aromatic carbocycles. The number of thiophene rings is 1. The number of amides is 1. The normalized spacial score (nSPS) is 18.0. The number of carbonyl (C=O) groups excluding carboxylic acids is 2. The van der Waals surface area contributed by atoms with Crippen molar-refractivity contribution in [3.63, 3.8) is 0 Å². The van der Waals surface area contributed by atoms with Crippen LogP contribution in [-0.4, -0.2) is 65.8 Å². The van der Waals surface area contributed by atoms with Crippen LogP contribution in [0.15, 0.2) is 0 Å². The summed E-state index contributed by atoms with van der Waals surface area (Å²) in [4.78, 5) is 24.3. The molecular formula is C20H14ClF16NO3S. The second kappa shape index (κ2) is 10.5. The van der Waals surface area contributed by atoms with Crippen molar-refractivity contribution in [2.45, 2.75) is 73.0 Å². The van der Waals surface area contributed by atoms with Crippen molar-refractivity contribution in [3.8, 4) is 0 Å². The van der Waals surface area contributed by atoms with E-state index in [1.165, 1.54) is 0 Å². The predicted octanol–water partition coefficient (Wildman–Crippen LogP) is 7.88. The fraction of sp³-hybridized carbons (Fsp3) is 0.700. The van der Waals surface area contributed by atoms with Gasteiger partial charge in [0.05, 0.1) is 12.7 Å². The van der Waals surface area contributed by atoms with Crippen molar-refractivity contribution in [3.05, 3.63) is 16.0 Å². The Labute approximate surface area is 232 Å². The molecule has 1 aromatic rings. The standard InChI is InChI=1S/C20H14ClF16NO3S/c1-6-3-4-7-8(5-6)42-10(9(7)11(39)41-2)38-12(40)13(22,23)14(24,25)15(26,27)16(28,29)17(30,31)18(32,33)19(34,35)20(21,36)37/h6H,3-5H2,1-2H3,(H,38,40). The molecule has 0 saturated heterocycles. The van der Waals surface area contributed by atoms with Crippen molar-refractivity contribution in [1.29, 1.82) is 0 Å². The van der Waals surface area contributed by atoms with E-state index in [0.717, 1.165) is 12.4 Å². The quantitative estimate of drug-likeness (QED) is 0.155. The third-order valence-electron chi connectivity index (χ3n) is 6.14. The van der Waals surface area contributed by atoms with E-state index in [-0.39, 0.29) is 40.5 Å². The smallest absolute Gasteiger partial charge is 0.393 e. The van der Waals surface area contributed by atoms with Crippen LogP contribution in [0.25, 0.3) is 0 Å². The highest BCUT2D eigenvalue weighted by Crippen LogP contribution is 2.64. The summed E-state index contributed by atoms with van der Waals surface area (Å²) in [6, 6.07) is 0. The van der Waals surface area contributed by atoms with Gasteiger partial charge < -0.3 is 10.1 Å². The average molecular weight is 688 g/mol. The first-order valence-electron chi connectivity index (χ1n) is 10.7. The van der Waals surface area contributed by atoms with E-state index >= 15 is 0 Å². The van der Waals surface area contributed by atoms with Gasteiger partial charge in [-0.25, -0.2) is 4.79 Å². The molecule has 2 rings (SSSR count). The highest BCUT2D eigenvalue weighted by molar-refractivity contribution is 7.17. The first-order chi connectivity index (χ1) is 18.5. The first kappa shape index (κ1) is 36.0. The molecule has 1 aliphatic carbocycles. The second-order valence-corrected chi connectivity index (χ2v) is 10.6. The van der Waals surface area contributed by atoms with E-state index in [1.807, 2.05) is 0 Å². The Morgan fingerprint density at radius 1 is 0.786 bits per heavy atom. The summed E-state index contributed by atoms with van der Waals surface area (Å²) in [6.45, 7) is 1.67. The molecule has 1 heterocycles. The summed E-state index contributed by atoms with van der Waals surface area (Å²) < 4.78 is 223. The minimum Gasteiger partial charge on any atom is -0.465 e. The molecule has 22 heteroatoms. The zero-order valence-electron chi connectivity index (χ0n) is 20.3. The van der Waals surface area contributed by atoms with Crippen LogP contribution >= 0.6 is 22.9 Å². The van der Waals surface area contributed by atoms with Crippen LogP contribution in [0, 0.1) is 5.92 Å². The van der Waals surface area contributed by atoms with Gasteiger partial charge in [0.2, 0.25) is 0 Å². The molecule has 0 radical (unpaired) electrons. The zero-order chi connectivity index (χ0) is 33.3. The average Bonchev–Trinajstić information content (AvgIpc) is 3.18. The monoisotopic (exact) mass is 687 g/mol. The summed E-state index contributed by atoms with van der Waals surface area (Å²) in [7, 11) is 0.731. The first-order valence-corrected chi connectivity index (χ1v) is 11.9. The Morgan fingerprint density at radius 2 is 1.21 bits per heavy atom. The molecule has 1 aliphatic rings. The minimum absolute atomic E-state index is 0.0133. The lowest BCUT2D eigenvalue weighted by molar-refractivity contribution is -0.445. The van der Waals surface area contributed by atoms with Crippen LogP contribution < -0.4 is 5.32 Å². The van der Waals surface area contributed by atoms with Crippen LogP contribution in [0.1, 0.15) is 34.1 Å². The number of halogens is 17. The van der Waals surface area contributed by atoms with Crippen LogP contribution in [0.2, 0.25) is 0 Å². The Hall–Kier alpha value is -2.19. The number of rotatable bonds is 10. The molecule has 42 heavy (non-hydrogen) atoms. The maximum Gasteiger partial charge on any atom is 0.393 e. The van der Waals surface area contributed by atoms with E-state index in [9.17, 15) is 79.8 Å². The van der Waals surface area contributed by atoms with Gasteiger partial charge in [-0.2, -0.15) is 70.2 Å². The van der Waals surface area contributed by atoms with Gasteiger partial charge in [0, 0.05) is 4.88 Å². The molecule has 0 bridgehead atoms. The molecular weight excluding hydrogens is 674 g/mol. The lowest BCUT2D eigenvalue weighted by Gasteiger charge is -2.42. The topological polar surface area (TPSA) is 55.4 Å². The molecule has 0 spiro atoms. The summed E-state index contributed by atoms with van der Waals surface area (Å²) >= 11 is 3.73. The van der Waals surface area contributed by atoms with Gasteiger partial charge in [0.15, 0.2) is 0 Å². The summed E-state index contributed by atoms with van der Waals surface area (Å²) in [6.07, 6.45) is 0.468. The molecule has 0 fully saturated rings. The predicted molar refractivity (Wildman–Crippen MR) is 111 cm³/mol. The molecule has 0 aliphatic heterocycles. The number of esters is 1. The van der Waals surface area contributed by atoms with Gasteiger partial charge in [-0.05, 0) is 42.3 Å². The molecule has 1 unspecified atom stereocenters. The molecule has 0 saturated carbocycles. The van der Waals surface area contributed by atoms with Crippen molar-refractivity contribution in [1.82, 2.24) is 0 Å². The van der Waals surface area contributed by atoms with Gasteiger partial charge in [0.25, 0.3) is 0 Å². The van der Waals surface area contributed by atoms with E-state index < -0.39 is 69.3 Å².